The van der Waals surface area contributed by atoms with Gasteiger partial charge in [-0.3, -0.25) is 9.59 Å². The number of hydrogen-bond donors (Lipinski definition) is 1. The van der Waals surface area contributed by atoms with Crippen molar-refractivity contribution in [3.05, 3.63) is 68.0 Å². The predicted molar refractivity (Wildman–Crippen MR) is 106 cm³/mol. The molecule has 2 aromatic carbocycles. The lowest BCUT2D eigenvalue weighted by Crippen LogP contribution is -2.55. The van der Waals surface area contributed by atoms with E-state index in [9.17, 15) is 22.8 Å². The van der Waals surface area contributed by atoms with Gasteiger partial charge in [-0.15, -0.1) is 0 Å². The van der Waals surface area contributed by atoms with Crippen molar-refractivity contribution in [2.24, 2.45) is 5.92 Å². The number of halogens is 4. The van der Waals surface area contributed by atoms with Crippen molar-refractivity contribution in [2.45, 2.75) is 13.3 Å². The second-order valence-corrected chi connectivity index (χ2v) is 7.85. The van der Waals surface area contributed by atoms with E-state index in [2.05, 4.69) is 5.32 Å². The molecule has 4 nitrogen and oxygen atoms in total. The Morgan fingerprint density at radius 1 is 1.14 bits per heavy atom. The van der Waals surface area contributed by atoms with Crippen molar-refractivity contribution in [2.75, 3.05) is 19.6 Å². The summed E-state index contributed by atoms with van der Waals surface area (Å²) >= 11 is 1.95. The topological polar surface area (TPSA) is 49.4 Å². The molecule has 0 aromatic heterocycles. The van der Waals surface area contributed by atoms with Gasteiger partial charge in [0.2, 0.25) is 5.91 Å². The lowest BCUT2D eigenvalue weighted by atomic mass is 9.94. The highest BCUT2D eigenvalue weighted by Gasteiger charge is 2.37. The summed E-state index contributed by atoms with van der Waals surface area (Å²) in [6.45, 7) is 2.72. The van der Waals surface area contributed by atoms with Crippen LogP contribution in [0.3, 0.4) is 0 Å². The summed E-state index contributed by atoms with van der Waals surface area (Å²) in [5.74, 6) is -3.76. The van der Waals surface area contributed by atoms with E-state index < -0.39 is 23.4 Å². The van der Waals surface area contributed by atoms with Crippen molar-refractivity contribution in [1.82, 2.24) is 10.2 Å². The van der Waals surface area contributed by atoms with Crippen molar-refractivity contribution in [3.63, 3.8) is 0 Å². The van der Waals surface area contributed by atoms with Crippen LogP contribution in [0, 0.1) is 26.9 Å². The van der Waals surface area contributed by atoms with Crippen LogP contribution in [0.2, 0.25) is 0 Å². The summed E-state index contributed by atoms with van der Waals surface area (Å²) in [5.41, 5.74) is -0.0412. The summed E-state index contributed by atoms with van der Waals surface area (Å²) in [4.78, 5) is 26.0. The first-order valence-corrected chi connectivity index (χ1v) is 9.87. The summed E-state index contributed by atoms with van der Waals surface area (Å²) in [7, 11) is 0. The average Bonchev–Trinajstić information content (AvgIpc) is 2.60. The van der Waals surface area contributed by atoms with Gasteiger partial charge >= 0.3 is 0 Å². The average molecular weight is 502 g/mol. The Morgan fingerprint density at radius 3 is 2.50 bits per heavy atom. The van der Waals surface area contributed by atoms with E-state index in [4.69, 9.17) is 0 Å². The molecule has 0 bridgehead atoms. The number of nitrogens with zero attached hydrogens (tertiary/aromatic N) is 1. The van der Waals surface area contributed by atoms with E-state index in [0.717, 1.165) is 6.07 Å². The van der Waals surface area contributed by atoms with E-state index in [0.29, 0.717) is 10.1 Å². The van der Waals surface area contributed by atoms with Crippen LogP contribution in [0.1, 0.15) is 28.4 Å². The van der Waals surface area contributed by atoms with E-state index in [1.807, 2.05) is 22.6 Å². The maximum Gasteiger partial charge on any atom is 0.254 e. The molecular formula is C20H18F3IN2O2. The van der Waals surface area contributed by atoms with E-state index in [-0.39, 0.29) is 48.0 Å². The molecule has 1 aliphatic heterocycles. The molecule has 2 amide bonds. The number of carbonyl (C=O) groups is 2. The third-order valence-corrected chi connectivity index (χ3v) is 5.37. The second-order valence-electron chi connectivity index (χ2n) is 6.60. The van der Waals surface area contributed by atoms with E-state index in [1.165, 1.54) is 23.1 Å². The Kier molecular flexibility index (Phi) is 6.26. The lowest BCUT2D eigenvalue weighted by Gasteiger charge is -2.38. The normalized spacial score (nSPS) is 14.0. The molecule has 148 valence electrons. The third-order valence-electron chi connectivity index (χ3n) is 4.70. The zero-order valence-corrected chi connectivity index (χ0v) is 17.2. The molecule has 0 atom stereocenters. The van der Waals surface area contributed by atoms with E-state index >= 15 is 0 Å². The molecule has 0 radical (unpaired) electrons. The van der Waals surface area contributed by atoms with Gasteiger partial charge in [0.25, 0.3) is 5.91 Å². The Hall–Kier alpha value is -2.10. The molecule has 1 aliphatic rings. The molecular weight excluding hydrogens is 484 g/mol. The van der Waals surface area contributed by atoms with E-state index in [1.54, 1.807) is 13.0 Å². The molecule has 2 aromatic rings. The molecule has 1 saturated heterocycles. The van der Waals surface area contributed by atoms with Crippen molar-refractivity contribution in [1.29, 1.82) is 0 Å². The van der Waals surface area contributed by atoms with Crippen LogP contribution in [0.25, 0.3) is 0 Å². The number of carbonyl (C=O) groups excluding carboxylic acids is 2. The first-order valence-electron chi connectivity index (χ1n) is 8.79. The minimum absolute atomic E-state index is 0.0220. The number of hydrogen-bond acceptors (Lipinski definition) is 2. The fourth-order valence-corrected chi connectivity index (χ4v) is 3.57. The molecule has 0 saturated carbocycles. The Labute approximate surface area is 174 Å². The number of rotatable bonds is 5. The summed E-state index contributed by atoms with van der Waals surface area (Å²) in [6.07, 6.45) is -0.249. The highest BCUT2D eigenvalue weighted by Crippen LogP contribution is 2.26. The minimum atomic E-state index is -1.16. The molecule has 0 spiro atoms. The molecule has 3 rings (SSSR count). The molecule has 1 fully saturated rings. The highest BCUT2D eigenvalue weighted by molar-refractivity contribution is 14.1. The highest BCUT2D eigenvalue weighted by atomic mass is 127. The van der Waals surface area contributed by atoms with Crippen LogP contribution in [0.5, 0.6) is 0 Å². The number of nitrogens with one attached hydrogen (secondary N) is 1. The number of likely N-dealkylation sites (tertiary alicyclic amines) is 1. The SMILES string of the molecule is CCNC(=O)C1CN(C(=O)c2ccc(F)c(F)c2Cc2ccc(I)cc2F)C1. The van der Waals surface area contributed by atoms with Crippen molar-refractivity contribution in [3.8, 4) is 0 Å². The maximum atomic E-state index is 14.5. The third kappa shape index (κ3) is 4.16. The molecule has 1 heterocycles. The minimum Gasteiger partial charge on any atom is -0.356 e. The quantitative estimate of drug-likeness (QED) is 0.637. The Morgan fingerprint density at radius 2 is 1.86 bits per heavy atom. The molecule has 1 N–H and O–H groups in total. The Balaban J connectivity index is 1.85. The maximum absolute atomic E-state index is 14.5. The predicted octanol–water partition coefficient (Wildman–Crippen LogP) is 3.51. The lowest BCUT2D eigenvalue weighted by molar-refractivity contribution is -0.128. The number of benzene rings is 2. The van der Waals surface area contributed by atoms with Gasteiger partial charge in [0, 0.05) is 40.8 Å². The monoisotopic (exact) mass is 502 g/mol. The first-order chi connectivity index (χ1) is 13.3. The summed E-state index contributed by atoms with van der Waals surface area (Å²) in [6, 6.07) is 6.53. The van der Waals surface area contributed by atoms with Crippen LogP contribution in [0.15, 0.2) is 30.3 Å². The second kappa shape index (κ2) is 8.50. The standard InChI is InChI=1S/C20H18F3IN2O2/c1-2-25-19(27)12-9-26(10-12)20(28)14-5-6-16(21)18(23)15(14)7-11-3-4-13(24)8-17(11)22/h3-6,8,12H,2,7,9-10H2,1H3,(H,25,27). The fraction of sp³-hybridized carbons (Fsp3) is 0.300. The van der Waals surface area contributed by atoms with Gasteiger partial charge in [0.15, 0.2) is 11.6 Å². The van der Waals surface area contributed by atoms with Gasteiger partial charge in [0.05, 0.1) is 5.92 Å². The first kappa shape index (κ1) is 20.6. The van der Waals surface area contributed by atoms with Gasteiger partial charge in [-0.25, -0.2) is 13.2 Å². The Bertz CT molecular complexity index is 930. The zero-order valence-electron chi connectivity index (χ0n) is 15.1. The summed E-state index contributed by atoms with van der Waals surface area (Å²) in [5, 5.41) is 2.69. The van der Waals surface area contributed by atoms with Crippen LogP contribution >= 0.6 is 22.6 Å². The molecule has 0 aliphatic carbocycles. The summed E-state index contributed by atoms with van der Waals surface area (Å²) < 4.78 is 43.1. The van der Waals surface area contributed by atoms with Crippen molar-refractivity contribution < 1.29 is 22.8 Å². The van der Waals surface area contributed by atoms with Crippen LogP contribution in [0.4, 0.5) is 13.2 Å². The molecule has 28 heavy (non-hydrogen) atoms. The molecule has 0 unspecified atom stereocenters. The zero-order chi connectivity index (χ0) is 20.4. The van der Waals surface area contributed by atoms with Gasteiger partial charge in [-0.1, -0.05) is 6.07 Å². The van der Waals surface area contributed by atoms with Crippen LogP contribution in [-0.2, 0) is 11.2 Å². The largest absolute Gasteiger partial charge is 0.356 e. The number of amides is 2. The van der Waals surface area contributed by atoms with Gasteiger partial charge in [-0.05, 0) is 59.3 Å². The smallest absolute Gasteiger partial charge is 0.254 e. The van der Waals surface area contributed by atoms with Gasteiger partial charge in [0.1, 0.15) is 5.82 Å². The van der Waals surface area contributed by atoms with Crippen molar-refractivity contribution >= 4 is 34.4 Å². The van der Waals surface area contributed by atoms with Crippen LogP contribution < -0.4 is 5.32 Å². The van der Waals surface area contributed by atoms with Gasteiger partial charge in [-0.2, -0.15) is 0 Å². The molecule has 8 heteroatoms. The van der Waals surface area contributed by atoms with Gasteiger partial charge < -0.3 is 10.2 Å². The fourth-order valence-electron chi connectivity index (χ4n) is 3.12. The van der Waals surface area contributed by atoms with Crippen LogP contribution in [-0.4, -0.2) is 36.3 Å².